The number of carbonyl (C=O) groups excluding carboxylic acids is 1. The molecular formula is C17H17N3O. The standard InChI is InChI=1S/C17H17N3O/c18-11-13(12-19)15-9-5-2-6-10-16(15)17(21)20-14-7-3-1-4-8-14/h1,3-4,7-8,16H,2,5-6,9-10H2,(H,20,21). The van der Waals surface area contributed by atoms with E-state index < -0.39 is 0 Å². The van der Waals surface area contributed by atoms with Crippen molar-refractivity contribution < 1.29 is 4.79 Å². The Balaban J connectivity index is 2.25. The highest BCUT2D eigenvalue weighted by Gasteiger charge is 2.27. The molecule has 1 fully saturated rings. The van der Waals surface area contributed by atoms with E-state index >= 15 is 0 Å². The molecule has 1 aliphatic rings. The number of rotatable bonds is 2. The number of hydrogen-bond acceptors (Lipinski definition) is 3. The number of amides is 1. The van der Waals surface area contributed by atoms with Gasteiger partial charge in [0.15, 0.2) is 0 Å². The first kappa shape index (κ1) is 14.8. The van der Waals surface area contributed by atoms with E-state index in [0.29, 0.717) is 18.4 Å². The Kier molecular flexibility index (Phi) is 5.12. The number of hydrogen-bond donors (Lipinski definition) is 1. The first-order valence-corrected chi connectivity index (χ1v) is 7.15. The normalized spacial score (nSPS) is 18.0. The number of anilines is 1. The topological polar surface area (TPSA) is 76.7 Å². The van der Waals surface area contributed by atoms with E-state index in [9.17, 15) is 4.79 Å². The predicted octanol–water partition coefficient (Wildman–Crippen LogP) is 3.55. The van der Waals surface area contributed by atoms with Crippen LogP contribution in [0.1, 0.15) is 32.1 Å². The molecule has 1 amide bonds. The highest BCUT2D eigenvalue weighted by Crippen LogP contribution is 2.31. The van der Waals surface area contributed by atoms with Crippen molar-refractivity contribution in [1.29, 1.82) is 10.5 Å². The lowest BCUT2D eigenvalue weighted by Gasteiger charge is -2.17. The van der Waals surface area contributed by atoms with Gasteiger partial charge in [-0.2, -0.15) is 10.5 Å². The Morgan fingerprint density at radius 1 is 1.10 bits per heavy atom. The molecule has 1 N–H and O–H groups in total. The van der Waals surface area contributed by atoms with Crippen molar-refractivity contribution in [2.75, 3.05) is 5.32 Å². The molecule has 2 rings (SSSR count). The Labute approximate surface area is 124 Å². The lowest BCUT2D eigenvalue weighted by molar-refractivity contribution is -0.119. The molecule has 1 aromatic carbocycles. The molecule has 0 radical (unpaired) electrons. The van der Waals surface area contributed by atoms with E-state index in [2.05, 4.69) is 5.32 Å². The quantitative estimate of drug-likeness (QED) is 0.664. The molecule has 4 heteroatoms. The lowest BCUT2D eigenvalue weighted by Crippen LogP contribution is -2.24. The van der Waals surface area contributed by atoms with Crippen LogP contribution >= 0.6 is 0 Å². The van der Waals surface area contributed by atoms with Crippen LogP contribution in [0, 0.1) is 28.6 Å². The summed E-state index contributed by atoms with van der Waals surface area (Å²) in [5.74, 6) is -0.497. The summed E-state index contributed by atoms with van der Waals surface area (Å²) in [5.41, 5.74) is 1.54. The maximum Gasteiger partial charge on any atom is 0.231 e. The van der Waals surface area contributed by atoms with Crippen molar-refractivity contribution >= 4 is 11.6 Å². The van der Waals surface area contributed by atoms with Crippen LogP contribution in [0.25, 0.3) is 0 Å². The highest BCUT2D eigenvalue weighted by atomic mass is 16.1. The number of benzene rings is 1. The smallest absolute Gasteiger partial charge is 0.231 e. The summed E-state index contributed by atoms with van der Waals surface area (Å²) in [4.78, 5) is 12.5. The number of nitrogens with one attached hydrogen (secondary N) is 1. The van der Waals surface area contributed by atoms with E-state index in [1.54, 1.807) is 0 Å². The molecule has 21 heavy (non-hydrogen) atoms. The zero-order valence-corrected chi connectivity index (χ0v) is 11.8. The van der Waals surface area contributed by atoms with E-state index in [4.69, 9.17) is 10.5 Å². The summed E-state index contributed by atoms with van der Waals surface area (Å²) in [6.45, 7) is 0. The Bertz CT molecular complexity index is 604. The second-order valence-electron chi connectivity index (χ2n) is 5.13. The summed E-state index contributed by atoms with van der Waals surface area (Å²) in [7, 11) is 0. The van der Waals surface area contributed by atoms with Crippen LogP contribution in [-0.4, -0.2) is 5.91 Å². The maximum absolute atomic E-state index is 12.5. The van der Waals surface area contributed by atoms with Gasteiger partial charge in [-0.15, -0.1) is 0 Å². The van der Waals surface area contributed by atoms with Gasteiger partial charge in [-0.05, 0) is 37.0 Å². The number of para-hydroxylation sites is 1. The second kappa shape index (κ2) is 7.26. The van der Waals surface area contributed by atoms with Crippen LogP contribution < -0.4 is 5.32 Å². The van der Waals surface area contributed by atoms with E-state index in [-0.39, 0.29) is 17.4 Å². The van der Waals surface area contributed by atoms with Crippen molar-refractivity contribution in [3.8, 4) is 12.1 Å². The number of nitriles is 2. The van der Waals surface area contributed by atoms with E-state index in [1.807, 2.05) is 42.5 Å². The number of nitrogens with zero attached hydrogens (tertiary/aromatic N) is 2. The summed E-state index contributed by atoms with van der Waals surface area (Å²) in [6.07, 6.45) is 4.25. The highest BCUT2D eigenvalue weighted by molar-refractivity contribution is 5.94. The zero-order valence-electron chi connectivity index (χ0n) is 11.8. The number of carbonyl (C=O) groups is 1. The average molecular weight is 279 g/mol. The third-order valence-corrected chi connectivity index (χ3v) is 3.76. The van der Waals surface area contributed by atoms with Gasteiger partial charge in [0.05, 0.1) is 5.92 Å². The molecular weight excluding hydrogens is 262 g/mol. The van der Waals surface area contributed by atoms with Crippen LogP contribution in [0.2, 0.25) is 0 Å². The van der Waals surface area contributed by atoms with Crippen LogP contribution in [0.5, 0.6) is 0 Å². The molecule has 1 unspecified atom stereocenters. The molecule has 1 saturated carbocycles. The van der Waals surface area contributed by atoms with Gasteiger partial charge >= 0.3 is 0 Å². The van der Waals surface area contributed by atoms with Crippen molar-refractivity contribution in [3.63, 3.8) is 0 Å². The van der Waals surface area contributed by atoms with Crippen molar-refractivity contribution in [2.24, 2.45) is 5.92 Å². The Morgan fingerprint density at radius 3 is 2.48 bits per heavy atom. The first-order valence-electron chi connectivity index (χ1n) is 7.15. The zero-order chi connectivity index (χ0) is 15.1. The van der Waals surface area contributed by atoms with Gasteiger partial charge in [0, 0.05) is 5.69 Å². The van der Waals surface area contributed by atoms with Gasteiger partial charge in [0.25, 0.3) is 0 Å². The molecule has 0 saturated heterocycles. The molecule has 0 heterocycles. The van der Waals surface area contributed by atoms with Crippen LogP contribution in [0.4, 0.5) is 5.69 Å². The minimum absolute atomic E-state index is 0.102. The molecule has 0 aromatic heterocycles. The van der Waals surface area contributed by atoms with Gasteiger partial charge < -0.3 is 5.32 Å². The predicted molar refractivity (Wildman–Crippen MR) is 79.9 cm³/mol. The van der Waals surface area contributed by atoms with E-state index in [1.165, 1.54) is 0 Å². The summed E-state index contributed by atoms with van der Waals surface area (Å²) < 4.78 is 0. The van der Waals surface area contributed by atoms with Gasteiger partial charge in [0.2, 0.25) is 5.91 Å². The summed E-state index contributed by atoms with van der Waals surface area (Å²) in [6, 6.07) is 13.1. The van der Waals surface area contributed by atoms with Crippen molar-refractivity contribution in [2.45, 2.75) is 32.1 Å². The monoisotopic (exact) mass is 279 g/mol. The average Bonchev–Trinajstić information content (AvgIpc) is 2.76. The third-order valence-electron chi connectivity index (χ3n) is 3.76. The second-order valence-corrected chi connectivity index (χ2v) is 5.13. The molecule has 4 nitrogen and oxygen atoms in total. The Morgan fingerprint density at radius 2 is 1.81 bits per heavy atom. The fraction of sp³-hybridized carbons (Fsp3) is 0.353. The summed E-state index contributed by atoms with van der Waals surface area (Å²) in [5, 5.41) is 21.1. The maximum atomic E-state index is 12.5. The molecule has 0 bridgehead atoms. The van der Waals surface area contributed by atoms with E-state index in [0.717, 1.165) is 24.9 Å². The van der Waals surface area contributed by atoms with Crippen LogP contribution in [0.3, 0.4) is 0 Å². The molecule has 1 atom stereocenters. The van der Waals surface area contributed by atoms with Crippen molar-refractivity contribution in [1.82, 2.24) is 0 Å². The van der Waals surface area contributed by atoms with Crippen molar-refractivity contribution in [3.05, 3.63) is 41.5 Å². The molecule has 1 aromatic rings. The lowest BCUT2D eigenvalue weighted by atomic mass is 9.89. The third kappa shape index (κ3) is 3.70. The fourth-order valence-electron chi connectivity index (χ4n) is 2.70. The minimum Gasteiger partial charge on any atom is -0.326 e. The first-order chi connectivity index (χ1) is 10.3. The van der Waals surface area contributed by atoms with Crippen LogP contribution in [0.15, 0.2) is 41.5 Å². The largest absolute Gasteiger partial charge is 0.326 e. The molecule has 0 aliphatic heterocycles. The van der Waals surface area contributed by atoms with Crippen LogP contribution in [-0.2, 0) is 4.79 Å². The van der Waals surface area contributed by atoms with Gasteiger partial charge in [0.1, 0.15) is 17.7 Å². The SMILES string of the molecule is N#CC(C#N)=C1CCCCCC1C(=O)Nc1ccccc1. The van der Waals surface area contributed by atoms with Gasteiger partial charge in [-0.3, -0.25) is 4.79 Å². The molecule has 1 aliphatic carbocycles. The fourth-order valence-corrected chi connectivity index (χ4v) is 2.70. The minimum atomic E-state index is -0.373. The Hall–Kier alpha value is -2.59. The molecule has 0 spiro atoms. The number of allylic oxidation sites excluding steroid dienone is 1. The molecule has 106 valence electrons. The van der Waals surface area contributed by atoms with Gasteiger partial charge in [-0.25, -0.2) is 0 Å². The summed E-state index contributed by atoms with van der Waals surface area (Å²) >= 11 is 0. The van der Waals surface area contributed by atoms with Gasteiger partial charge in [-0.1, -0.05) is 31.0 Å².